The Morgan fingerprint density at radius 2 is 2.24 bits per heavy atom. The van der Waals surface area contributed by atoms with Crippen LogP contribution in [0.5, 0.6) is 0 Å². The maximum Gasteiger partial charge on any atom is 0.415 e. The Morgan fingerprint density at radius 3 is 3.00 bits per heavy atom. The summed E-state index contributed by atoms with van der Waals surface area (Å²) >= 11 is 0. The Kier molecular flexibility index (Phi) is 3.13. The van der Waals surface area contributed by atoms with E-state index < -0.39 is 18.3 Å². The summed E-state index contributed by atoms with van der Waals surface area (Å²) in [6.07, 6.45) is -1.91. The third kappa shape index (κ3) is 2.35. The van der Waals surface area contributed by atoms with E-state index in [9.17, 15) is 14.4 Å². The molecule has 1 aromatic rings. The summed E-state index contributed by atoms with van der Waals surface area (Å²) in [6.45, 7) is 0.279. The Morgan fingerprint density at radius 1 is 1.43 bits per heavy atom. The molecule has 8 nitrogen and oxygen atoms in total. The number of ether oxygens (including phenoxy) is 2. The van der Waals surface area contributed by atoms with Crippen LogP contribution in [-0.2, 0) is 20.9 Å². The minimum absolute atomic E-state index is 0.136. The van der Waals surface area contributed by atoms with Gasteiger partial charge in [-0.1, -0.05) is 0 Å². The number of hydrogen-bond acceptors (Lipinski definition) is 5. The van der Waals surface area contributed by atoms with E-state index >= 15 is 0 Å². The van der Waals surface area contributed by atoms with Gasteiger partial charge in [-0.25, -0.2) is 9.59 Å². The van der Waals surface area contributed by atoms with E-state index in [-0.39, 0.29) is 19.1 Å². The number of cyclic esters (lactones) is 2. The van der Waals surface area contributed by atoms with E-state index in [0.29, 0.717) is 11.4 Å². The number of likely N-dealkylation sites (N-methyl/N-ethyl adjacent to an activating group) is 1. The first-order valence-corrected chi connectivity index (χ1v) is 6.35. The molecule has 21 heavy (non-hydrogen) atoms. The average Bonchev–Trinajstić information content (AvgIpc) is 2.88. The average molecular weight is 291 g/mol. The lowest BCUT2D eigenvalue weighted by molar-refractivity contribution is -0.127. The van der Waals surface area contributed by atoms with E-state index in [0.717, 1.165) is 5.56 Å². The molecule has 1 aromatic carbocycles. The minimum atomic E-state index is -0.825. The molecule has 2 aliphatic heterocycles. The van der Waals surface area contributed by atoms with Gasteiger partial charge in [-0.15, -0.1) is 0 Å². The molecule has 3 amide bonds. The number of anilines is 2. The first-order valence-electron chi connectivity index (χ1n) is 6.35. The molecule has 0 unspecified atom stereocenters. The van der Waals surface area contributed by atoms with Crippen molar-refractivity contribution in [3.8, 4) is 0 Å². The third-order valence-electron chi connectivity index (χ3n) is 3.35. The molecule has 8 heteroatoms. The molecule has 1 atom stereocenters. The van der Waals surface area contributed by atoms with Crippen molar-refractivity contribution in [1.29, 1.82) is 0 Å². The van der Waals surface area contributed by atoms with Gasteiger partial charge in [0, 0.05) is 18.3 Å². The van der Waals surface area contributed by atoms with Crippen LogP contribution in [0.1, 0.15) is 5.56 Å². The lowest BCUT2D eigenvalue weighted by Crippen LogP contribution is -2.35. The van der Waals surface area contributed by atoms with Gasteiger partial charge in [0.2, 0.25) is 0 Å². The molecule has 2 aliphatic rings. The second-order valence-electron chi connectivity index (χ2n) is 4.64. The van der Waals surface area contributed by atoms with Crippen LogP contribution in [-0.4, -0.2) is 37.8 Å². The van der Waals surface area contributed by atoms with Crippen LogP contribution in [0.4, 0.5) is 21.0 Å². The van der Waals surface area contributed by atoms with E-state index in [4.69, 9.17) is 9.47 Å². The van der Waals surface area contributed by atoms with Crippen molar-refractivity contribution >= 4 is 29.5 Å². The summed E-state index contributed by atoms with van der Waals surface area (Å²) in [5, 5.41) is 5.01. The van der Waals surface area contributed by atoms with Crippen LogP contribution in [0.15, 0.2) is 18.2 Å². The highest BCUT2D eigenvalue weighted by molar-refractivity contribution is 5.96. The fourth-order valence-corrected chi connectivity index (χ4v) is 2.25. The lowest BCUT2D eigenvalue weighted by Gasteiger charge is -2.20. The van der Waals surface area contributed by atoms with Crippen LogP contribution in [0.3, 0.4) is 0 Å². The molecule has 0 aliphatic carbocycles. The smallest absolute Gasteiger partial charge is 0.415 e. The van der Waals surface area contributed by atoms with Gasteiger partial charge in [-0.2, -0.15) is 0 Å². The van der Waals surface area contributed by atoms with E-state index in [2.05, 4.69) is 10.6 Å². The fraction of sp³-hybridized carbons (Fsp3) is 0.308. The number of nitrogens with one attached hydrogen (secondary N) is 2. The number of rotatable bonds is 2. The zero-order valence-corrected chi connectivity index (χ0v) is 11.2. The van der Waals surface area contributed by atoms with E-state index in [1.807, 2.05) is 0 Å². The van der Waals surface area contributed by atoms with Gasteiger partial charge in [0.25, 0.3) is 5.91 Å². The van der Waals surface area contributed by atoms with Gasteiger partial charge < -0.3 is 14.8 Å². The fourth-order valence-electron chi connectivity index (χ4n) is 2.25. The summed E-state index contributed by atoms with van der Waals surface area (Å²) < 4.78 is 9.89. The quantitative estimate of drug-likeness (QED) is 0.840. The van der Waals surface area contributed by atoms with Gasteiger partial charge in [-0.05, 0) is 18.2 Å². The van der Waals surface area contributed by atoms with Crippen molar-refractivity contribution in [2.45, 2.75) is 12.7 Å². The van der Waals surface area contributed by atoms with Gasteiger partial charge in [0.05, 0.1) is 12.2 Å². The Balaban J connectivity index is 1.83. The monoisotopic (exact) mass is 291 g/mol. The van der Waals surface area contributed by atoms with Crippen molar-refractivity contribution in [2.75, 3.05) is 23.8 Å². The number of benzene rings is 1. The van der Waals surface area contributed by atoms with Gasteiger partial charge in [-0.3, -0.25) is 15.0 Å². The largest absolute Gasteiger partial charge is 0.444 e. The highest BCUT2D eigenvalue weighted by Crippen LogP contribution is 2.29. The summed E-state index contributed by atoms with van der Waals surface area (Å²) in [5.74, 6) is -0.348. The Labute approximate surface area is 120 Å². The second-order valence-corrected chi connectivity index (χ2v) is 4.64. The Hall–Kier alpha value is -2.77. The summed E-state index contributed by atoms with van der Waals surface area (Å²) in [5.41, 5.74) is 1.98. The predicted octanol–water partition coefficient (Wildman–Crippen LogP) is 0.820. The van der Waals surface area contributed by atoms with Crippen molar-refractivity contribution in [1.82, 2.24) is 5.32 Å². The maximum atomic E-state index is 11.8. The van der Waals surface area contributed by atoms with Gasteiger partial charge >= 0.3 is 12.2 Å². The zero-order valence-electron chi connectivity index (χ0n) is 11.2. The van der Waals surface area contributed by atoms with Crippen molar-refractivity contribution in [2.24, 2.45) is 0 Å². The molecular formula is C13H13N3O5. The second kappa shape index (κ2) is 4.97. The van der Waals surface area contributed by atoms with Crippen LogP contribution in [0.25, 0.3) is 0 Å². The molecule has 1 fully saturated rings. The molecular weight excluding hydrogens is 278 g/mol. The van der Waals surface area contributed by atoms with Crippen molar-refractivity contribution < 1.29 is 23.9 Å². The van der Waals surface area contributed by atoms with Crippen molar-refractivity contribution in [3.63, 3.8) is 0 Å². The molecule has 2 heterocycles. The Bertz CT molecular complexity index is 630. The zero-order chi connectivity index (χ0) is 15.0. The summed E-state index contributed by atoms with van der Waals surface area (Å²) in [6, 6.07) is 5.09. The highest BCUT2D eigenvalue weighted by atomic mass is 16.6. The SMILES string of the molecule is CNC(=O)[C@H]1CN(c2ccc3c(c2)COC(=O)N3)C(=O)O1. The maximum absolute atomic E-state index is 11.8. The minimum Gasteiger partial charge on any atom is -0.444 e. The predicted molar refractivity (Wildman–Crippen MR) is 71.9 cm³/mol. The number of carbonyl (C=O) groups is 3. The summed E-state index contributed by atoms with van der Waals surface area (Å²) in [7, 11) is 1.48. The standard InChI is InChI=1S/C13H13N3O5/c1-14-11(17)10-5-16(13(19)21-10)8-2-3-9-7(4-8)6-20-12(18)15-9/h2-4,10H,5-6H2,1H3,(H,14,17)(H,15,18)/t10-/m1/s1. The normalized spacial score (nSPS) is 20.2. The van der Waals surface area contributed by atoms with Crippen molar-refractivity contribution in [3.05, 3.63) is 23.8 Å². The van der Waals surface area contributed by atoms with Crippen LogP contribution < -0.4 is 15.5 Å². The van der Waals surface area contributed by atoms with E-state index in [1.54, 1.807) is 18.2 Å². The topological polar surface area (TPSA) is 97.0 Å². The van der Waals surface area contributed by atoms with Crippen LogP contribution >= 0.6 is 0 Å². The highest BCUT2D eigenvalue weighted by Gasteiger charge is 2.36. The summed E-state index contributed by atoms with van der Waals surface area (Å²) in [4.78, 5) is 35.9. The molecule has 0 aromatic heterocycles. The molecule has 2 N–H and O–H groups in total. The lowest BCUT2D eigenvalue weighted by atomic mass is 10.1. The molecule has 0 saturated carbocycles. The molecule has 3 rings (SSSR count). The first kappa shape index (κ1) is 13.2. The number of hydrogen-bond donors (Lipinski definition) is 2. The first-order chi connectivity index (χ1) is 10.1. The van der Waals surface area contributed by atoms with Gasteiger partial charge in [0.15, 0.2) is 6.10 Å². The molecule has 0 spiro atoms. The number of nitrogens with zero attached hydrogens (tertiary/aromatic N) is 1. The molecule has 110 valence electrons. The molecule has 0 radical (unpaired) electrons. The molecule has 0 bridgehead atoms. The van der Waals surface area contributed by atoms with Gasteiger partial charge in [0.1, 0.15) is 6.61 Å². The van der Waals surface area contributed by atoms with Crippen LogP contribution in [0, 0.1) is 0 Å². The van der Waals surface area contributed by atoms with E-state index in [1.165, 1.54) is 11.9 Å². The van der Waals surface area contributed by atoms with Crippen LogP contribution in [0.2, 0.25) is 0 Å². The molecule has 1 saturated heterocycles. The third-order valence-corrected chi connectivity index (χ3v) is 3.35. The number of carbonyl (C=O) groups excluding carboxylic acids is 3. The number of amides is 3. The number of fused-ring (bicyclic) bond motifs is 1.